The Bertz CT molecular complexity index is 176. The van der Waals surface area contributed by atoms with Crippen molar-refractivity contribution in [2.75, 3.05) is 0 Å². The summed E-state index contributed by atoms with van der Waals surface area (Å²) in [6.07, 6.45) is 7.21. The molecule has 1 aliphatic carbocycles. The van der Waals surface area contributed by atoms with Crippen molar-refractivity contribution < 1.29 is 9.90 Å². The molecule has 3 nitrogen and oxygen atoms in total. The average molecular weight is 297 g/mol. The molecule has 0 aromatic carbocycles. The van der Waals surface area contributed by atoms with Crippen LogP contribution in [0.5, 0.6) is 0 Å². The highest BCUT2D eigenvalue weighted by atomic mass is 127. The maximum atomic E-state index is 11.1. The Morgan fingerprint density at radius 1 is 1.15 bits per heavy atom. The van der Waals surface area contributed by atoms with Gasteiger partial charge in [0.15, 0.2) is 0 Å². The molecule has 0 saturated heterocycles. The summed E-state index contributed by atoms with van der Waals surface area (Å²) in [4.78, 5) is 11.1. The van der Waals surface area contributed by atoms with Crippen LogP contribution in [-0.4, -0.2) is 16.6 Å². The Morgan fingerprint density at radius 2 is 1.62 bits per heavy atom. The van der Waals surface area contributed by atoms with E-state index in [-0.39, 0.29) is 0 Å². The van der Waals surface area contributed by atoms with Crippen molar-refractivity contribution in [1.29, 1.82) is 0 Å². The third-order valence-electron chi connectivity index (χ3n) is 2.80. The predicted molar refractivity (Wildman–Crippen MR) is 59.8 cm³/mol. The predicted octanol–water partition coefficient (Wildman–Crippen LogP) is 2.49. The topological polar surface area (TPSA) is 49.3 Å². The zero-order valence-corrected chi connectivity index (χ0v) is 9.84. The Hall–Kier alpha value is 0.160. The van der Waals surface area contributed by atoms with Crippen LogP contribution < -0.4 is 3.53 Å². The van der Waals surface area contributed by atoms with Gasteiger partial charge in [-0.05, 0) is 12.8 Å². The van der Waals surface area contributed by atoms with Gasteiger partial charge in [0.1, 0.15) is 5.54 Å². The fourth-order valence-electron chi connectivity index (χ4n) is 1.86. The van der Waals surface area contributed by atoms with Gasteiger partial charge in [0.05, 0.1) is 0 Å². The number of hydrogen-bond donors (Lipinski definition) is 2. The summed E-state index contributed by atoms with van der Waals surface area (Å²) >= 11 is 1.97. The standard InChI is InChI=1S/C9H16INO2/c10-11-9(8(12)13)6-4-2-1-3-5-7-9/h11H,1-7H2,(H,12,13). The number of halogens is 1. The largest absolute Gasteiger partial charge is 0.480 e. The number of nitrogens with one attached hydrogen (secondary N) is 1. The number of hydrogen-bond acceptors (Lipinski definition) is 2. The van der Waals surface area contributed by atoms with E-state index in [0.29, 0.717) is 0 Å². The first kappa shape index (κ1) is 11.2. The molecular weight excluding hydrogens is 281 g/mol. The fraction of sp³-hybridized carbons (Fsp3) is 0.889. The smallest absolute Gasteiger partial charge is 0.324 e. The molecule has 0 bridgehead atoms. The minimum atomic E-state index is -0.691. The van der Waals surface area contributed by atoms with E-state index in [1.165, 1.54) is 19.3 Å². The second-order valence-electron chi connectivity index (χ2n) is 3.75. The molecule has 2 N–H and O–H groups in total. The van der Waals surface area contributed by atoms with Gasteiger partial charge < -0.3 is 5.11 Å². The van der Waals surface area contributed by atoms with E-state index in [0.717, 1.165) is 25.7 Å². The summed E-state index contributed by atoms with van der Waals surface area (Å²) in [5.74, 6) is -0.691. The van der Waals surface area contributed by atoms with E-state index >= 15 is 0 Å². The maximum absolute atomic E-state index is 11.1. The number of carboxylic acid groups (broad SMARTS) is 1. The van der Waals surface area contributed by atoms with Gasteiger partial charge in [-0.15, -0.1) is 0 Å². The Kier molecular flexibility index (Phi) is 4.45. The van der Waals surface area contributed by atoms with Crippen LogP contribution in [-0.2, 0) is 4.79 Å². The van der Waals surface area contributed by atoms with E-state index in [1.807, 2.05) is 22.9 Å². The monoisotopic (exact) mass is 297 g/mol. The third kappa shape index (κ3) is 2.80. The summed E-state index contributed by atoms with van der Waals surface area (Å²) in [7, 11) is 0. The molecule has 76 valence electrons. The van der Waals surface area contributed by atoms with Gasteiger partial charge in [-0.1, -0.05) is 32.1 Å². The van der Waals surface area contributed by atoms with Gasteiger partial charge in [-0.3, -0.25) is 4.79 Å². The molecule has 4 heteroatoms. The van der Waals surface area contributed by atoms with Gasteiger partial charge in [0.25, 0.3) is 0 Å². The van der Waals surface area contributed by atoms with Crippen molar-refractivity contribution in [3.63, 3.8) is 0 Å². The number of carbonyl (C=O) groups is 1. The highest BCUT2D eigenvalue weighted by Gasteiger charge is 2.36. The minimum Gasteiger partial charge on any atom is -0.480 e. The number of rotatable bonds is 2. The highest BCUT2D eigenvalue weighted by molar-refractivity contribution is 14.1. The lowest BCUT2D eigenvalue weighted by molar-refractivity contribution is -0.144. The molecule has 0 atom stereocenters. The van der Waals surface area contributed by atoms with Crippen LogP contribution in [0.4, 0.5) is 0 Å². The molecule has 0 spiro atoms. The van der Waals surface area contributed by atoms with Crippen LogP contribution in [0.25, 0.3) is 0 Å². The molecule has 0 aliphatic heterocycles. The molecular formula is C9H16INO2. The summed E-state index contributed by atoms with van der Waals surface area (Å²) in [6, 6.07) is 0. The molecule has 0 radical (unpaired) electrons. The minimum absolute atomic E-state index is 0.652. The molecule has 1 rings (SSSR count). The van der Waals surface area contributed by atoms with Crippen molar-refractivity contribution in [3.05, 3.63) is 0 Å². The molecule has 1 fully saturated rings. The van der Waals surface area contributed by atoms with Crippen molar-refractivity contribution in [1.82, 2.24) is 3.53 Å². The maximum Gasteiger partial charge on any atom is 0.324 e. The van der Waals surface area contributed by atoms with Gasteiger partial charge in [0, 0.05) is 22.9 Å². The molecule has 0 unspecified atom stereocenters. The number of aliphatic carboxylic acids is 1. The first-order valence-electron chi connectivity index (χ1n) is 4.82. The fourth-order valence-corrected chi connectivity index (χ4v) is 2.63. The summed E-state index contributed by atoms with van der Waals surface area (Å²) in [5.41, 5.74) is -0.652. The zero-order valence-electron chi connectivity index (χ0n) is 7.68. The Labute approximate surface area is 92.8 Å². The van der Waals surface area contributed by atoms with Crippen LogP contribution in [0.1, 0.15) is 44.9 Å². The third-order valence-corrected chi connectivity index (χ3v) is 3.83. The van der Waals surface area contributed by atoms with Crippen LogP contribution in [0.3, 0.4) is 0 Å². The Morgan fingerprint density at radius 3 is 2.00 bits per heavy atom. The zero-order chi connectivity index (χ0) is 9.73. The quantitative estimate of drug-likeness (QED) is 0.608. The SMILES string of the molecule is O=C(O)C1(NI)CCCCCCC1. The second-order valence-corrected chi connectivity index (χ2v) is 4.29. The van der Waals surface area contributed by atoms with Crippen molar-refractivity contribution >= 4 is 28.8 Å². The van der Waals surface area contributed by atoms with Crippen molar-refractivity contribution in [3.8, 4) is 0 Å². The average Bonchev–Trinajstić information content (AvgIpc) is 2.04. The van der Waals surface area contributed by atoms with Crippen LogP contribution in [0, 0.1) is 0 Å². The lowest BCUT2D eigenvalue weighted by Crippen LogP contribution is -2.47. The summed E-state index contributed by atoms with van der Waals surface area (Å²) in [5, 5.41) is 9.14. The second kappa shape index (κ2) is 5.14. The highest BCUT2D eigenvalue weighted by Crippen LogP contribution is 2.27. The van der Waals surface area contributed by atoms with E-state index < -0.39 is 11.5 Å². The van der Waals surface area contributed by atoms with Crippen molar-refractivity contribution in [2.24, 2.45) is 0 Å². The van der Waals surface area contributed by atoms with Crippen molar-refractivity contribution in [2.45, 2.75) is 50.5 Å². The molecule has 1 saturated carbocycles. The van der Waals surface area contributed by atoms with Gasteiger partial charge in [-0.25, -0.2) is 3.53 Å². The molecule has 0 amide bonds. The summed E-state index contributed by atoms with van der Waals surface area (Å²) < 4.78 is 2.96. The van der Waals surface area contributed by atoms with Gasteiger partial charge in [-0.2, -0.15) is 0 Å². The van der Waals surface area contributed by atoms with E-state index in [9.17, 15) is 4.79 Å². The van der Waals surface area contributed by atoms with Gasteiger partial charge in [0.2, 0.25) is 0 Å². The lowest BCUT2D eigenvalue weighted by atomic mass is 9.85. The molecule has 0 heterocycles. The first-order valence-corrected chi connectivity index (χ1v) is 5.90. The van der Waals surface area contributed by atoms with Crippen LogP contribution in [0.2, 0.25) is 0 Å². The molecule has 0 aromatic rings. The van der Waals surface area contributed by atoms with Gasteiger partial charge >= 0.3 is 5.97 Å². The molecule has 13 heavy (non-hydrogen) atoms. The summed E-state index contributed by atoms with van der Waals surface area (Å²) in [6.45, 7) is 0. The van der Waals surface area contributed by atoms with Crippen LogP contribution >= 0.6 is 22.9 Å². The number of carboxylic acids is 1. The first-order chi connectivity index (χ1) is 6.21. The van der Waals surface area contributed by atoms with E-state index in [4.69, 9.17) is 5.11 Å². The Balaban J connectivity index is 2.63. The van der Waals surface area contributed by atoms with E-state index in [1.54, 1.807) is 0 Å². The molecule has 0 aromatic heterocycles. The lowest BCUT2D eigenvalue weighted by Gasteiger charge is -2.29. The van der Waals surface area contributed by atoms with E-state index in [2.05, 4.69) is 3.53 Å². The molecule has 1 aliphatic rings. The normalized spacial score (nSPS) is 23.2. The van der Waals surface area contributed by atoms with Crippen LogP contribution in [0.15, 0.2) is 0 Å².